The van der Waals surface area contributed by atoms with Gasteiger partial charge in [-0.05, 0) is 18.2 Å². The quantitative estimate of drug-likeness (QED) is 0.622. The maximum absolute atomic E-state index is 12.3. The number of hydrogen-bond donors (Lipinski definition) is 3. The molecule has 1 unspecified atom stereocenters. The maximum Gasteiger partial charge on any atom is 0.335 e. The summed E-state index contributed by atoms with van der Waals surface area (Å²) in [5, 5.41) is 25.8. The first-order valence-corrected chi connectivity index (χ1v) is 7.57. The molecule has 126 valence electrons. The highest BCUT2D eigenvalue weighted by atomic mass is 32.2. The molecule has 24 heavy (non-hydrogen) atoms. The van der Waals surface area contributed by atoms with Gasteiger partial charge in [-0.1, -0.05) is 0 Å². The normalized spacial score (nSPS) is 17.2. The van der Waals surface area contributed by atoms with E-state index in [2.05, 4.69) is 0 Å². The van der Waals surface area contributed by atoms with Crippen LogP contribution in [0.3, 0.4) is 0 Å². The molecule has 1 atom stereocenters. The van der Waals surface area contributed by atoms with E-state index in [1.54, 1.807) is 0 Å². The van der Waals surface area contributed by atoms with Crippen molar-refractivity contribution in [2.75, 3.05) is 10.7 Å². The third kappa shape index (κ3) is 3.54. The third-order valence-corrected chi connectivity index (χ3v) is 4.37. The first-order valence-electron chi connectivity index (χ1n) is 6.52. The number of carboxylic acids is 3. The van der Waals surface area contributed by atoms with Gasteiger partial charge in [-0.25, -0.2) is 14.5 Å². The zero-order valence-electron chi connectivity index (χ0n) is 12.0. The first kappa shape index (κ1) is 17.5. The minimum Gasteiger partial charge on any atom is -0.481 e. The molecule has 1 saturated heterocycles. The summed E-state index contributed by atoms with van der Waals surface area (Å²) in [7, 11) is 0. The molecular formula is C14H11NO8S. The zero-order chi connectivity index (χ0) is 18.0. The van der Waals surface area contributed by atoms with Gasteiger partial charge in [0.15, 0.2) is 0 Å². The van der Waals surface area contributed by atoms with Crippen LogP contribution in [-0.2, 0) is 14.4 Å². The molecule has 2 amide bonds. The van der Waals surface area contributed by atoms with Crippen LogP contribution in [0.5, 0.6) is 0 Å². The minimum atomic E-state index is -1.41. The Morgan fingerprint density at radius 2 is 1.58 bits per heavy atom. The highest BCUT2D eigenvalue weighted by Gasteiger charge is 2.40. The number of imide groups is 1. The number of rotatable bonds is 6. The molecule has 1 fully saturated rings. The Labute approximate surface area is 138 Å². The molecule has 0 radical (unpaired) electrons. The Morgan fingerprint density at radius 3 is 2.04 bits per heavy atom. The number of amides is 2. The van der Waals surface area contributed by atoms with Crippen molar-refractivity contribution in [3.05, 3.63) is 29.3 Å². The van der Waals surface area contributed by atoms with E-state index in [1.807, 2.05) is 0 Å². The van der Waals surface area contributed by atoms with E-state index in [0.717, 1.165) is 30.0 Å². The van der Waals surface area contributed by atoms with Crippen molar-refractivity contribution in [3.63, 3.8) is 0 Å². The van der Waals surface area contributed by atoms with E-state index < -0.39 is 35.0 Å². The van der Waals surface area contributed by atoms with Crippen molar-refractivity contribution in [3.8, 4) is 0 Å². The van der Waals surface area contributed by atoms with Crippen molar-refractivity contribution in [2.45, 2.75) is 11.7 Å². The van der Waals surface area contributed by atoms with Crippen molar-refractivity contribution in [1.82, 2.24) is 0 Å². The molecule has 9 nitrogen and oxygen atoms in total. The van der Waals surface area contributed by atoms with Gasteiger partial charge < -0.3 is 15.3 Å². The van der Waals surface area contributed by atoms with E-state index in [1.165, 1.54) is 0 Å². The van der Waals surface area contributed by atoms with Gasteiger partial charge >= 0.3 is 17.9 Å². The summed E-state index contributed by atoms with van der Waals surface area (Å²) in [6, 6.07) is 2.96. The SMILES string of the molecule is O=C(O)CSC1CC(=O)N(c2cc(C(=O)O)cc(C(=O)O)c2)C1=O. The van der Waals surface area contributed by atoms with Crippen LogP contribution < -0.4 is 4.90 Å². The van der Waals surface area contributed by atoms with Crippen LogP contribution in [0, 0.1) is 0 Å². The molecule has 1 aromatic rings. The number of carbonyl (C=O) groups is 5. The van der Waals surface area contributed by atoms with E-state index >= 15 is 0 Å². The van der Waals surface area contributed by atoms with Gasteiger partial charge in [-0.3, -0.25) is 14.4 Å². The summed E-state index contributed by atoms with van der Waals surface area (Å²) in [5.41, 5.74) is -0.931. The average Bonchev–Trinajstić information content (AvgIpc) is 2.78. The standard InChI is InChI=1S/C14H11NO8S/c16-10-4-9(24-5-11(17)18)12(19)15(10)8-2-6(13(20)21)1-7(3-8)14(22)23/h1-3,9H,4-5H2,(H,17,18)(H,20,21)(H,22,23). The first-order chi connectivity index (χ1) is 11.2. The minimum absolute atomic E-state index is 0.166. The summed E-state index contributed by atoms with van der Waals surface area (Å²) < 4.78 is 0. The van der Waals surface area contributed by atoms with Gasteiger partial charge in [0.05, 0.1) is 27.8 Å². The van der Waals surface area contributed by atoms with Crippen LogP contribution in [0.4, 0.5) is 5.69 Å². The van der Waals surface area contributed by atoms with Gasteiger partial charge in [0.2, 0.25) is 11.8 Å². The van der Waals surface area contributed by atoms with E-state index in [9.17, 15) is 24.0 Å². The Balaban J connectivity index is 2.38. The second kappa shape index (κ2) is 6.71. The lowest BCUT2D eigenvalue weighted by Gasteiger charge is -2.16. The van der Waals surface area contributed by atoms with Gasteiger partial charge in [0, 0.05) is 6.42 Å². The predicted molar refractivity (Wildman–Crippen MR) is 81.4 cm³/mol. The molecule has 1 aliphatic heterocycles. The van der Waals surface area contributed by atoms with Crippen molar-refractivity contribution >= 4 is 47.2 Å². The molecule has 0 aliphatic carbocycles. The maximum atomic E-state index is 12.3. The van der Waals surface area contributed by atoms with Crippen molar-refractivity contribution in [1.29, 1.82) is 0 Å². The molecule has 3 N–H and O–H groups in total. The molecular weight excluding hydrogens is 342 g/mol. The Morgan fingerprint density at radius 1 is 1.04 bits per heavy atom. The van der Waals surface area contributed by atoms with Crippen LogP contribution in [0.15, 0.2) is 18.2 Å². The molecule has 10 heteroatoms. The highest BCUT2D eigenvalue weighted by Crippen LogP contribution is 2.31. The fourth-order valence-electron chi connectivity index (χ4n) is 2.16. The van der Waals surface area contributed by atoms with Crippen LogP contribution in [0.2, 0.25) is 0 Å². The Hall–Kier alpha value is -2.88. The number of aliphatic carboxylic acids is 1. The lowest BCUT2D eigenvalue weighted by atomic mass is 10.1. The number of aromatic carboxylic acids is 2. The Bertz CT molecular complexity index is 727. The number of benzene rings is 1. The number of anilines is 1. The largest absolute Gasteiger partial charge is 0.481 e. The summed E-state index contributed by atoms with van der Waals surface area (Å²) in [6.07, 6.45) is -0.240. The van der Waals surface area contributed by atoms with Crippen LogP contribution >= 0.6 is 11.8 Å². The number of nitrogens with zero attached hydrogens (tertiary/aromatic N) is 1. The fraction of sp³-hybridized carbons (Fsp3) is 0.214. The summed E-state index contributed by atoms with van der Waals surface area (Å²) in [6.45, 7) is 0. The second-order valence-corrected chi connectivity index (χ2v) is 6.03. The third-order valence-electron chi connectivity index (χ3n) is 3.18. The molecule has 0 bridgehead atoms. The van der Waals surface area contributed by atoms with Crippen molar-refractivity contribution in [2.24, 2.45) is 0 Å². The van der Waals surface area contributed by atoms with E-state index in [-0.39, 0.29) is 29.0 Å². The summed E-state index contributed by atoms with van der Waals surface area (Å²) in [5.74, 6) is -5.68. The number of carboxylic acid groups (broad SMARTS) is 3. The second-order valence-electron chi connectivity index (χ2n) is 4.84. The van der Waals surface area contributed by atoms with Crippen LogP contribution in [-0.4, -0.2) is 56.0 Å². The smallest absolute Gasteiger partial charge is 0.335 e. The Kier molecular flexibility index (Phi) is 4.88. The summed E-state index contributed by atoms with van der Waals surface area (Å²) in [4.78, 5) is 57.8. The topological polar surface area (TPSA) is 149 Å². The number of carbonyl (C=O) groups excluding carboxylic acids is 2. The molecule has 1 aliphatic rings. The van der Waals surface area contributed by atoms with Crippen LogP contribution in [0.25, 0.3) is 0 Å². The number of hydrogen-bond acceptors (Lipinski definition) is 6. The van der Waals surface area contributed by atoms with E-state index in [0.29, 0.717) is 4.90 Å². The molecule has 0 aromatic heterocycles. The van der Waals surface area contributed by atoms with Gasteiger partial charge in [0.1, 0.15) is 0 Å². The fourth-order valence-corrected chi connectivity index (χ4v) is 3.02. The molecule has 2 rings (SSSR count). The van der Waals surface area contributed by atoms with Crippen LogP contribution in [0.1, 0.15) is 27.1 Å². The average molecular weight is 353 g/mol. The van der Waals surface area contributed by atoms with Gasteiger partial charge in [0.25, 0.3) is 0 Å². The monoisotopic (exact) mass is 353 g/mol. The molecule has 1 aromatic carbocycles. The molecule has 0 spiro atoms. The number of thioether (sulfide) groups is 1. The predicted octanol–water partition coefficient (Wildman–Crippen LogP) is 0.533. The lowest BCUT2D eigenvalue weighted by molar-refractivity contribution is -0.134. The van der Waals surface area contributed by atoms with Gasteiger partial charge in [-0.15, -0.1) is 11.8 Å². The summed E-state index contributed by atoms with van der Waals surface area (Å²) >= 11 is 0.779. The van der Waals surface area contributed by atoms with E-state index in [4.69, 9.17) is 15.3 Å². The molecule has 0 saturated carbocycles. The highest BCUT2D eigenvalue weighted by molar-refractivity contribution is 8.01. The van der Waals surface area contributed by atoms with Gasteiger partial charge in [-0.2, -0.15) is 0 Å². The molecule has 1 heterocycles. The zero-order valence-corrected chi connectivity index (χ0v) is 12.8. The van der Waals surface area contributed by atoms with Crippen molar-refractivity contribution < 1.29 is 39.3 Å². The lowest BCUT2D eigenvalue weighted by Crippen LogP contribution is -2.31.